The molecule has 23 heavy (non-hydrogen) atoms. The highest BCUT2D eigenvalue weighted by Crippen LogP contribution is 2.22. The Balaban J connectivity index is 1.99. The topological polar surface area (TPSA) is 103 Å². The highest BCUT2D eigenvalue weighted by molar-refractivity contribution is 7.85. The summed E-state index contributed by atoms with van der Waals surface area (Å²) in [5.41, 5.74) is -0.721. The number of hydrogen-bond acceptors (Lipinski definition) is 6. The molecule has 1 fully saturated rings. The lowest BCUT2D eigenvalue weighted by atomic mass is 10.2. The van der Waals surface area contributed by atoms with E-state index in [1.807, 2.05) is 0 Å². The summed E-state index contributed by atoms with van der Waals surface area (Å²) in [6.07, 6.45) is 1.24. The molecule has 2 rings (SSSR count). The van der Waals surface area contributed by atoms with Gasteiger partial charge in [0.15, 0.2) is 0 Å². The number of likely N-dealkylation sites (tertiary alicyclic amines) is 1. The summed E-state index contributed by atoms with van der Waals surface area (Å²) in [5.74, 6) is 0. The van der Waals surface area contributed by atoms with E-state index < -0.39 is 27.4 Å². The van der Waals surface area contributed by atoms with Gasteiger partial charge in [-0.25, -0.2) is 9.78 Å². The van der Waals surface area contributed by atoms with Gasteiger partial charge >= 0.3 is 6.09 Å². The van der Waals surface area contributed by atoms with Gasteiger partial charge in [-0.15, -0.1) is 0 Å². The molecule has 1 aliphatic heterocycles. The van der Waals surface area contributed by atoms with Crippen LogP contribution in [0, 0.1) is 10.1 Å². The monoisotopic (exact) mass is 341 g/mol. The van der Waals surface area contributed by atoms with Crippen LogP contribution in [0.25, 0.3) is 0 Å². The first-order chi connectivity index (χ1) is 10.7. The van der Waals surface area contributed by atoms with Gasteiger partial charge in [-0.1, -0.05) is 0 Å². The Morgan fingerprint density at radius 2 is 2.17 bits per heavy atom. The van der Waals surface area contributed by atoms with E-state index in [4.69, 9.17) is 4.74 Å². The second-order valence-corrected chi connectivity index (χ2v) is 7.93. The van der Waals surface area contributed by atoms with E-state index in [1.54, 1.807) is 20.8 Å². The lowest BCUT2D eigenvalue weighted by Crippen LogP contribution is -2.36. The van der Waals surface area contributed by atoms with E-state index in [1.165, 1.54) is 17.0 Å². The molecule has 0 radical (unpaired) electrons. The number of rotatable bonds is 3. The maximum absolute atomic E-state index is 12.5. The van der Waals surface area contributed by atoms with Crippen LogP contribution in [0.1, 0.15) is 27.2 Å². The number of carbonyl (C=O) groups is 1. The molecule has 0 aliphatic carbocycles. The van der Waals surface area contributed by atoms with Crippen LogP contribution in [0.5, 0.6) is 0 Å². The third-order valence-electron chi connectivity index (χ3n) is 3.24. The summed E-state index contributed by atoms with van der Waals surface area (Å²) in [7, 11) is -1.42. The first-order valence-electron chi connectivity index (χ1n) is 7.16. The van der Waals surface area contributed by atoms with Crippen molar-refractivity contribution in [3.63, 3.8) is 0 Å². The molecule has 1 aromatic rings. The number of nitrogens with zero attached hydrogens (tertiary/aromatic N) is 3. The van der Waals surface area contributed by atoms with Gasteiger partial charge in [0.25, 0.3) is 5.69 Å². The van der Waals surface area contributed by atoms with Crippen molar-refractivity contribution in [1.29, 1.82) is 0 Å². The van der Waals surface area contributed by atoms with Gasteiger partial charge < -0.3 is 9.64 Å². The Hall–Kier alpha value is -2.03. The second kappa shape index (κ2) is 6.61. The summed E-state index contributed by atoms with van der Waals surface area (Å²) in [6, 6.07) is 2.67. The molecule has 2 atom stereocenters. The first-order valence-corrected chi connectivity index (χ1v) is 8.37. The van der Waals surface area contributed by atoms with Gasteiger partial charge in [0, 0.05) is 19.2 Å². The average molecular weight is 341 g/mol. The van der Waals surface area contributed by atoms with Crippen molar-refractivity contribution >= 4 is 22.6 Å². The quantitative estimate of drug-likeness (QED) is 0.616. The van der Waals surface area contributed by atoms with E-state index in [0.717, 1.165) is 6.20 Å². The highest BCUT2D eigenvalue weighted by Gasteiger charge is 2.33. The maximum atomic E-state index is 12.5. The Kier molecular flexibility index (Phi) is 4.98. The molecule has 0 spiro atoms. The van der Waals surface area contributed by atoms with Crippen molar-refractivity contribution in [2.24, 2.45) is 0 Å². The predicted molar refractivity (Wildman–Crippen MR) is 83.5 cm³/mol. The smallest absolute Gasteiger partial charge is 0.410 e. The normalized spacial score (nSPS) is 19.4. The number of hydrogen-bond donors (Lipinski definition) is 0. The molecule has 1 saturated heterocycles. The van der Waals surface area contributed by atoms with Crippen LogP contribution in [-0.4, -0.2) is 49.0 Å². The fourth-order valence-electron chi connectivity index (χ4n) is 2.17. The van der Waals surface area contributed by atoms with E-state index in [9.17, 15) is 19.1 Å². The fourth-order valence-corrected chi connectivity index (χ4v) is 3.50. The minimum Gasteiger partial charge on any atom is -0.444 e. The Morgan fingerprint density at radius 1 is 1.48 bits per heavy atom. The second-order valence-electron chi connectivity index (χ2n) is 6.25. The van der Waals surface area contributed by atoms with E-state index in [-0.39, 0.29) is 16.0 Å². The molecule has 2 heterocycles. The molecule has 2 unspecified atom stereocenters. The summed E-state index contributed by atoms with van der Waals surface area (Å²) in [4.78, 5) is 27.5. The first kappa shape index (κ1) is 17.3. The number of pyridine rings is 1. The van der Waals surface area contributed by atoms with Crippen LogP contribution in [0.4, 0.5) is 10.5 Å². The number of ether oxygens (including phenoxy) is 1. The lowest BCUT2D eigenvalue weighted by molar-refractivity contribution is -0.385. The Bertz CT molecular complexity index is 626. The van der Waals surface area contributed by atoms with Crippen LogP contribution in [-0.2, 0) is 15.5 Å². The molecular formula is C14H19N3O5S. The molecule has 0 aromatic carbocycles. The molecule has 1 aliphatic rings. The summed E-state index contributed by atoms with van der Waals surface area (Å²) in [6.45, 7) is 6.16. The number of carbonyl (C=O) groups excluding carboxylic acids is 1. The van der Waals surface area contributed by atoms with Crippen molar-refractivity contribution in [3.8, 4) is 0 Å². The standard InChI is InChI=1S/C14H19N3O5S/c1-14(2,3)22-13(18)16-7-6-11(9-16)23(21)12-5-4-10(8-15-12)17(19)20/h4-5,8,11H,6-7,9H2,1-3H3. The lowest BCUT2D eigenvalue weighted by Gasteiger charge is -2.24. The zero-order chi connectivity index (χ0) is 17.2. The number of nitro groups is 1. The highest BCUT2D eigenvalue weighted by atomic mass is 32.2. The molecule has 9 heteroatoms. The Labute approximate surface area is 136 Å². The van der Waals surface area contributed by atoms with Crippen LogP contribution in [0.3, 0.4) is 0 Å². The molecule has 1 aromatic heterocycles. The van der Waals surface area contributed by atoms with Gasteiger partial charge in [-0.2, -0.15) is 0 Å². The van der Waals surface area contributed by atoms with Crippen molar-refractivity contribution in [1.82, 2.24) is 9.88 Å². The Morgan fingerprint density at radius 3 is 2.70 bits per heavy atom. The summed E-state index contributed by atoms with van der Waals surface area (Å²) < 4.78 is 17.8. The van der Waals surface area contributed by atoms with Gasteiger partial charge in [0.2, 0.25) is 0 Å². The molecule has 126 valence electrons. The van der Waals surface area contributed by atoms with Crippen molar-refractivity contribution in [3.05, 3.63) is 28.4 Å². The maximum Gasteiger partial charge on any atom is 0.410 e. The third kappa shape index (κ3) is 4.47. The molecular weight excluding hydrogens is 322 g/mol. The average Bonchev–Trinajstić information content (AvgIpc) is 2.94. The number of aromatic nitrogens is 1. The molecule has 0 bridgehead atoms. The minimum absolute atomic E-state index is 0.146. The van der Waals surface area contributed by atoms with Crippen LogP contribution in [0.15, 0.2) is 23.4 Å². The van der Waals surface area contributed by atoms with Gasteiger partial charge in [0.05, 0.1) is 21.0 Å². The largest absolute Gasteiger partial charge is 0.444 e. The molecule has 0 N–H and O–H groups in total. The number of amides is 1. The van der Waals surface area contributed by atoms with Crippen molar-refractivity contribution in [2.75, 3.05) is 13.1 Å². The molecule has 8 nitrogen and oxygen atoms in total. The van der Waals surface area contributed by atoms with Crippen molar-refractivity contribution in [2.45, 2.75) is 43.1 Å². The van der Waals surface area contributed by atoms with E-state index in [2.05, 4.69) is 4.98 Å². The van der Waals surface area contributed by atoms with Crippen LogP contribution in [0.2, 0.25) is 0 Å². The van der Waals surface area contributed by atoms with Crippen molar-refractivity contribution < 1.29 is 18.7 Å². The van der Waals surface area contributed by atoms with Crippen LogP contribution >= 0.6 is 0 Å². The van der Waals surface area contributed by atoms with Gasteiger partial charge in [-0.05, 0) is 33.3 Å². The summed E-state index contributed by atoms with van der Waals surface area (Å²) in [5, 5.41) is 10.6. The SMILES string of the molecule is CC(C)(C)OC(=O)N1CCC(S(=O)c2ccc([N+](=O)[O-])cn2)C1. The van der Waals surface area contributed by atoms with Gasteiger partial charge in [-0.3, -0.25) is 14.3 Å². The molecule has 0 saturated carbocycles. The van der Waals surface area contributed by atoms with E-state index in [0.29, 0.717) is 19.5 Å². The fraction of sp³-hybridized carbons (Fsp3) is 0.571. The van der Waals surface area contributed by atoms with Gasteiger partial charge in [0.1, 0.15) is 16.8 Å². The predicted octanol–water partition coefficient (Wildman–Crippen LogP) is 2.11. The van der Waals surface area contributed by atoms with E-state index >= 15 is 0 Å². The third-order valence-corrected chi connectivity index (χ3v) is 4.88. The zero-order valence-electron chi connectivity index (χ0n) is 13.2. The molecule has 1 amide bonds. The summed E-state index contributed by atoms with van der Waals surface area (Å²) >= 11 is 0. The zero-order valence-corrected chi connectivity index (χ0v) is 14.0. The minimum atomic E-state index is -1.42. The van der Waals surface area contributed by atoms with Crippen LogP contribution < -0.4 is 0 Å².